The van der Waals surface area contributed by atoms with Crippen molar-refractivity contribution < 1.29 is 0 Å². The highest BCUT2D eigenvalue weighted by molar-refractivity contribution is 7.00. The van der Waals surface area contributed by atoms with E-state index in [2.05, 4.69) is 113 Å². The van der Waals surface area contributed by atoms with Crippen LogP contribution in [0.5, 0.6) is 0 Å². The molecule has 2 aliphatic heterocycles. The molecule has 0 fully saturated rings. The smallest absolute Gasteiger partial charge is 0.252 e. The fourth-order valence-corrected chi connectivity index (χ4v) is 8.11. The summed E-state index contributed by atoms with van der Waals surface area (Å²) in [7, 11) is 0. The fraction of sp³-hybridized carbons (Fsp3) is 0.211. The second kappa shape index (κ2) is 9.14. The van der Waals surface area contributed by atoms with Gasteiger partial charge in [0.25, 0.3) is 6.71 Å². The van der Waals surface area contributed by atoms with Crippen LogP contribution >= 0.6 is 0 Å². The topological polar surface area (TPSA) is 6.48 Å². The molecule has 0 N–H and O–H groups in total. The molecule has 5 aromatic rings. The highest BCUT2D eigenvalue weighted by Gasteiger charge is 2.44. The molecule has 0 saturated heterocycles. The van der Waals surface area contributed by atoms with Crippen molar-refractivity contribution in [3.8, 4) is 0 Å². The molecule has 41 heavy (non-hydrogen) atoms. The zero-order chi connectivity index (χ0) is 26.9. The lowest BCUT2D eigenvalue weighted by Gasteiger charge is -2.45. The number of hydrogen-bond acceptors (Lipinski definition) is 2. The van der Waals surface area contributed by atoms with E-state index in [0.29, 0.717) is 0 Å². The van der Waals surface area contributed by atoms with Gasteiger partial charge in [-0.15, -0.1) is 0 Å². The van der Waals surface area contributed by atoms with Crippen LogP contribution in [0.2, 0.25) is 0 Å². The molecule has 0 saturated carbocycles. The Hall–Kier alpha value is -4.24. The summed E-state index contributed by atoms with van der Waals surface area (Å²) in [5.74, 6) is 0. The van der Waals surface area contributed by atoms with Crippen molar-refractivity contribution in [1.29, 1.82) is 0 Å². The second-order valence-corrected chi connectivity index (χ2v) is 12.3. The maximum Gasteiger partial charge on any atom is 0.252 e. The normalized spacial score (nSPS) is 16.3. The van der Waals surface area contributed by atoms with Crippen LogP contribution in [-0.4, -0.2) is 6.71 Å². The average molecular weight is 529 g/mol. The van der Waals surface area contributed by atoms with E-state index in [9.17, 15) is 0 Å². The van der Waals surface area contributed by atoms with Crippen LogP contribution in [0, 0.1) is 0 Å². The Morgan fingerprint density at radius 3 is 1.27 bits per heavy atom. The first-order valence-corrected chi connectivity index (χ1v) is 15.5. The van der Waals surface area contributed by atoms with Crippen LogP contribution in [0.15, 0.2) is 103 Å². The highest BCUT2D eigenvalue weighted by Crippen LogP contribution is 2.45. The molecule has 2 nitrogen and oxygen atoms in total. The summed E-state index contributed by atoms with van der Waals surface area (Å²) in [6.45, 7) is 0.227. The van der Waals surface area contributed by atoms with Gasteiger partial charge in [0.15, 0.2) is 0 Å². The average Bonchev–Trinajstić information content (AvgIpc) is 3.04. The Morgan fingerprint density at radius 1 is 0.415 bits per heavy atom. The first-order chi connectivity index (χ1) is 20.3. The SMILES string of the molecule is c1ccc(N2c3cc4c(cc3B3c5cc6c(cc5N(c5ccccc5)c5cccc2c53)CCCC6)CCCC4)cc1. The summed E-state index contributed by atoms with van der Waals surface area (Å²) in [6.07, 6.45) is 9.96. The zero-order valence-electron chi connectivity index (χ0n) is 23.4. The fourth-order valence-electron chi connectivity index (χ4n) is 8.11. The van der Waals surface area contributed by atoms with Crippen LogP contribution < -0.4 is 26.2 Å². The first kappa shape index (κ1) is 23.5. The van der Waals surface area contributed by atoms with Crippen molar-refractivity contribution in [2.24, 2.45) is 0 Å². The van der Waals surface area contributed by atoms with Crippen LogP contribution in [0.4, 0.5) is 34.1 Å². The third-order valence-corrected chi connectivity index (χ3v) is 9.95. The predicted molar refractivity (Wildman–Crippen MR) is 174 cm³/mol. The Kier molecular flexibility index (Phi) is 5.23. The molecule has 0 atom stereocenters. The highest BCUT2D eigenvalue weighted by atomic mass is 15.2. The van der Waals surface area contributed by atoms with Gasteiger partial charge in [-0.2, -0.15) is 0 Å². The lowest BCUT2D eigenvalue weighted by molar-refractivity contribution is 0.686. The Morgan fingerprint density at radius 2 is 0.829 bits per heavy atom. The Bertz CT molecular complexity index is 1680. The molecular weight excluding hydrogens is 495 g/mol. The van der Waals surface area contributed by atoms with Gasteiger partial charge >= 0.3 is 0 Å². The Balaban J connectivity index is 1.39. The van der Waals surface area contributed by atoms with E-state index in [1.165, 1.54) is 102 Å². The van der Waals surface area contributed by atoms with Gasteiger partial charge in [0.1, 0.15) is 0 Å². The number of anilines is 6. The van der Waals surface area contributed by atoms with Crippen molar-refractivity contribution >= 4 is 57.2 Å². The third-order valence-electron chi connectivity index (χ3n) is 9.95. The molecule has 9 rings (SSSR count). The van der Waals surface area contributed by atoms with Gasteiger partial charge in [-0.05, 0) is 139 Å². The largest absolute Gasteiger partial charge is 0.311 e. The molecule has 0 bridgehead atoms. The molecule has 3 heteroatoms. The van der Waals surface area contributed by atoms with E-state index in [0.717, 1.165) is 0 Å². The maximum atomic E-state index is 2.60. The molecule has 198 valence electrons. The molecular formula is C38H33BN2. The summed E-state index contributed by atoms with van der Waals surface area (Å²) in [6, 6.07) is 39.3. The predicted octanol–water partition coefficient (Wildman–Crippen LogP) is 7.53. The van der Waals surface area contributed by atoms with Crippen LogP contribution in [0.1, 0.15) is 47.9 Å². The van der Waals surface area contributed by atoms with Crippen LogP contribution in [-0.2, 0) is 25.7 Å². The number of hydrogen-bond donors (Lipinski definition) is 0. The minimum Gasteiger partial charge on any atom is -0.311 e. The van der Waals surface area contributed by atoms with Crippen LogP contribution in [0.25, 0.3) is 0 Å². The van der Waals surface area contributed by atoms with Gasteiger partial charge in [-0.3, -0.25) is 0 Å². The number of fused-ring (bicyclic) bond motifs is 6. The van der Waals surface area contributed by atoms with Gasteiger partial charge in [0.2, 0.25) is 0 Å². The molecule has 2 heterocycles. The van der Waals surface area contributed by atoms with E-state index in [1.54, 1.807) is 22.3 Å². The van der Waals surface area contributed by atoms with Gasteiger partial charge in [0, 0.05) is 34.1 Å². The second-order valence-electron chi connectivity index (χ2n) is 12.3. The van der Waals surface area contributed by atoms with Gasteiger partial charge in [-0.1, -0.05) is 54.6 Å². The minimum atomic E-state index is 0.227. The number of rotatable bonds is 2. The first-order valence-electron chi connectivity index (χ1n) is 15.5. The number of para-hydroxylation sites is 2. The standard InChI is InChI=1S/C38H33BN2/c1-3-16-30(17-4-1)40-34-20-11-21-35-38(34)39(32-22-26-12-7-9-14-28(26)24-36(32)40)33-23-27-13-8-10-15-29(27)25-37(33)41(35)31-18-5-2-6-19-31/h1-6,11,16-25H,7-10,12-15H2. The number of aryl methyl sites for hydroxylation is 4. The third kappa shape index (κ3) is 3.51. The van der Waals surface area contributed by atoms with Crippen molar-refractivity contribution in [2.45, 2.75) is 51.4 Å². The molecule has 0 radical (unpaired) electrons. The van der Waals surface area contributed by atoms with E-state index >= 15 is 0 Å². The van der Waals surface area contributed by atoms with Crippen LogP contribution in [0.3, 0.4) is 0 Å². The zero-order valence-corrected chi connectivity index (χ0v) is 23.4. The van der Waals surface area contributed by atoms with Crippen molar-refractivity contribution in [3.63, 3.8) is 0 Å². The maximum absolute atomic E-state index is 2.60. The summed E-state index contributed by atoms with van der Waals surface area (Å²) >= 11 is 0. The quantitative estimate of drug-likeness (QED) is 0.214. The van der Waals surface area contributed by atoms with Crippen molar-refractivity contribution in [1.82, 2.24) is 0 Å². The molecule has 4 aliphatic rings. The summed E-state index contributed by atoms with van der Waals surface area (Å²) in [5.41, 5.74) is 18.4. The molecule has 0 aromatic heterocycles. The van der Waals surface area contributed by atoms with Gasteiger partial charge < -0.3 is 9.80 Å². The summed E-state index contributed by atoms with van der Waals surface area (Å²) in [5, 5.41) is 0. The van der Waals surface area contributed by atoms with Crippen molar-refractivity contribution in [2.75, 3.05) is 9.80 Å². The lowest BCUT2D eigenvalue weighted by atomic mass is 9.33. The number of benzene rings is 5. The minimum absolute atomic E-state index is 0.227. The van der Waals surface area contributed by atoms with E-state index < -0.39 is 0 Å². The Labute approximate surface area is 243 Å². The lowest BCUT2D eigenvalue weighted by Crippen LogP contribution is -2.61. The summed E-state index contributed by atoms with van der Waals surface area (Å²) < 4.78 is 0. The molecule has 5 aromatic carbocycles. The summed E-state index contributed by atoms with van der Waals surface area (Å²) in [4.78, 5) is 5.10. The van der Waals surface area contributed by atoms with E-state index in [1.807, 2.05) is 0 Å². The molecule has 0 amide bonds. The van der Waals surface area contributed by atoms with Gasteiger partial charge in [-0.25, -0.2) is 0 Å². The molecule has 2 aliphatic carbocycles. The number of nitrogens with zero attached hydrogens (tertiary/aromatic N) is 2. The van der Waals surface area contributed by atoms with E-state index in [-0.39, 0.29) is 6.71 Å². The van der Waals surface area contributed by atoms with E-state index in [4.69, 9.17) is 0 Å². The molecule has 0 unspecified atom stereocenters. The molecule has 0 spiro atoms. The van der Waals surface area contributed by atoms with Crippen molar-refractivity contribution in [3.05, 3.63) is 125 Å². The monoisotopic (exact) mass is 528 g/mol. The van der Waals surface area contributed by atoms with Gasteiger partial charge in [0.05, 0.1) is 0 Å².